The monoisotopic (exact) mass is 326 g/mol. The van der Waals surface area contributed by atoms with Crippen LogP contribution in [0.5, 0.6) is 0 Å². The molecule has 130 valence electrons. The minimum atomic E-state index is -0.671. The van der Waals surface area contributed by atoms with Gasteiger partial charge in [-0.05, 0) is 40.5 Å². The Bertz CT molecular complexity index is 527. The van der Waals surface area contributed by atoms with Crippen molar-refractivity contribution in [3.8, 4) is 0 Å². The smallest absolute Gasteiger partial charge is 0.410 e. The maximum absolute atomic E-state index is 12.5. The highest BCUT2D eigenvalue weighted by molar-refractivity contribution is 5.83. The second kappa shape index (κ2) is 4.83. The number of amides is 1. The molecule has 0 unspecified atom stereocenters. The number of esters is 1. The molecular formula is C16H26N2O5. The Kier molecular flexibility index (Phi) is 3.47. The highest BCUT2D eigenvalue weighted by atomic mass is 16.6. The van der Waals surface area contributed by atoms with Gasteiger partial charge in [-0.15, -0.1) is 0 Å². The van der Waals surface area contributed by atoms with Gasteiger partial charge in [-0.25, -0.2) is 4.79 Å². The molecule has 1 saturated carbocycles. The molecule has 3 heterocycles. The molecule has 4 rings (SSSR count). The summed E-state index contributed by atoms with van der Waals surface area (Å²) in [5.74, 6) is -0.231. The molecule has 0 aromatic rings. The fourth-order valence-electron chi connectivity index (χ4n) is 4.13. The van der Waals surface area contributed by atoms with Crippen molar-refractivity contribution in [2.24, 2.45) is 11.1 Å². The summed E-state index contributed by atoms with van der Waals surface area (Å²) in [4.78, 5) is 26.2. The summed E-state index contributed by atoms with van der Waals surface area (Å²) in [7, 11) is 0. The summed E-state index contributed by atoms with van der Waals surface area (Å²) in [6.07, 6.45) is 0.784. The molecule has 1 amide bonds. The SMILES string of the molecule is CCOC(=O)C12CC(CN)(C1)OC21CN(C(=O)OC(C)(C)C)C1. The van der Waals surface area contributed by atoms with Crippen molar-refractivity contribution in [1.82, 2.24) is 4.90 Å². The summed E-state index contributed by atoms with van der Waals surface area (Å²) in [5, 5.41) is 0. The predicted molar refractivity (Wildman–Crippen MR) is 81.7 cm³/mol. The maximum Gasteiger partial charge on any atom is 0.410 e. The molecular weight excluding hydrogens is 300 g/mol. The van der Waals surface area contributed by atoms with E-state index in [0.717, 1.165) is 0 Å². The van der Waals surface area contributed by atoms with Crippen LogP contribution in [0.3, 0.4) is 0 Å². The Balaban J connectivity index is 1.73. The molecule has 1 aliphatic carbocycles. The lowest BCUT2D eigenvalue weighted by atomic mass is 9.54. The van der Waals surface area contributed by atoms with E-state index < -0.39 is 22.2 Å². The van der Waals surface area contributed by atoms with Crippen LogP contribution in [0, 0.1) is 5.41 Å². The first kappa shape index (κ1) is 16.5. The Hall–Kier alpha value is -1.34. The van der Waals surface area contributed by atoms with Crippen LogP contribution in [0.2, 0.25) is 0 Å². The third-order valence-electron chi connectivity index (χ3n) is 5.11. The van der Waals surface area contributed by atoms with Gasteiger partial charge < -0.3 is 24.8 Å². The highest BCUT2D eigenvalue weighted by Crippen LogP contribution is 2.69. The number of carbonyl (C=O) groups is 2. The van der Waals surface area contributed by atoms with E-state index in [1.54, 1.807) is 11.8 Å². The van der Waals surface area contributed by atoms with Crippen LogP contribution < -0.4 is 5.73 Å². The average molecular weight is 326 g/mol. The van der Waals surface area contributed by atoms with Gasteiger partial charge in [0.15, 0.2) is 0 Å². The van der Waals surface area contributed by atoms with Crippen molar-refractivity contribution >= 4 is 12.1 Å². The second-order valence-electron chi connectivity index (χ2n) is 7.98. The molecule has 7 heteroatoms. The van der Waals surface area contributed by atoms with Gasteiger partial charge >= 0.3 is 12.1 Å². The van der Waals surface area contributed by atoms with Crippen LogP contribution in [0.4, 0.5) is 4.79 Å². The predicted octanol–water partition coefficient (Wildman–Crippen LogP) is 1.05. The minimum absolute atomic E-state index is 0.231. The van der Waals surface area contributed by atoms with E-state index in [1.807, 2.05) is 20.8 Å². The van der Waals surface area contributed by atoms with Gasteiger partial charge in [0.25, 0.3) is 0 Å². The third-order valence-corrected chi connectivity index (χ3v) is 5.11. The number of rotatable bonds is 3. The topological polar surface area (TPSA) is 91.1 Å². The van der Waals surface area contributed by atoms with Gasteiger partial charge in [0.2, 0.25) is 0 Å². The molecule has 23 heavy (non-hydrogen) atoms. The van der Waals surface area contributed by atoms with Crippen molar-refractivity contribution in [2.75, 3.05) is 26.2 Å². The molecule has 0 atom stereocenters. The van der Waals surface area contributed by atoms with Crippen molar-refractivity contribution in [3.63, 3.8) is 0 Å². The molecule has 3 aliphatic heterocycles. The van der Waals surface area contributed by atoms with Crippen molar-refractivity contribution in [3.05, 3.63) is 0 Å². The van der Waals surface area contributed by atoms with Crippen molar-refractivity contribution < 1.29 is 23.8 Å². The molecule has 7 nitrogen and oxygen atoms in total. The van der Waals surface area contributed by atoms with E-state index in [-0.39, 0.29) is 12.1 Å². The van der Waals surface area contributed by atoms with Gasteiger partial charge in [0, 0.05) is 6.54 Å². The van der Waals surface area contributed by atoms with E-state index in [9.17, 15) is 9.59 Å². The first-order valence-corrected chi connectivity index (χ1v) is 8.16. The van der Waals surface area contributed by atoms with E-state index >= 15 is 0 Å². The molecule has 3 saturated heterocycles. The molecule has 0 aromatic heterocycles. The van der Waals surface area contributed by atoms with E-state index in [0.29, 0.717) is 39.1 Å². The van der Waals surface area contributed by atoms with Gasteiger partial charge in [0.05, 0.1) is 25.3 Å². The van der Waals surface area contributed by atoms with Crippen LogP contribution in [0.15, 0.2) is 0 Å². The summed E-state index contributed by atoms with van der Waals surface area (Å²) >= 11 is 0. The lowest BCUT2D eigenvalue weighted by Gasteiger charge is -2.53. The summed E-state index contributed by atoms with van der Waals surface area (Å²) in [6, 6.07) is 0. The fourth-order valence-corrected chi connectivity index (χ4v) is 4.13. The standard InChI is InChI=1S/C16H26N2O5/c1-5-21-11(19)15-6-14(7-15,8-17)23-16(15)9-18(10-16)12(20)22-13(2,3)4/h5-10,17H2,1-4H3. The Morgan fingerprint density at radius 2 is 1.87 bits per heavy atom. The number of hydrogen-bond donors (Lipinski definition) is 1. The highest BCUT2D eigenvalue weighted by Gasteiger charge is 2.81. The van der Waals surface area contributed by atoms with Crippen LogP contribution in [-0.4, -0.2) is 60.0 Å². The zero-order valence-electron chi connectivity index (χ0n) is 14.3. The minimum Gasteiger partial charge on any atom is -0.465 e. The van der Waals surface area contributed by atoms with Crippen LogP contribution >= 0.6 is 0 Å². The Morgan fingerprint density at radius 1 is 1.26 bits per heavy atom. The number of carbonyl (C=O) groups excluding carboxylic acids is 2. The summed E-state index contributed by atoms with van der Waals surface area (Å²) in [6.45, 7) is 8.68. The zero-order valence-corrected chi connectivity index (χ0v) is 14.3. The van der Waals surface area contributed by atoms with Gasteiger partial charge in [-0.2, -0.15) is 0 Å². The van der Waals surface area contributed by atoms with E-state index in [1.165, 1.54) is 0 Å². The summed E-state index contributed by atoms with van der Waals surface area (Å²) in [5.41, 5.74) is 3.51. The van der Waals surface area contributed by atoms with Crippen LogP contribution in [-0.2, 0) is 19.0 Å². The van der Waals surface area contributed by atoms with Crippen molar-refractivity contribution in [1.29, 1.82) is 0 Å². The van der Waals surface area contributed by atoms with Gasteiger partial charge in [0.1, 0.15) is 16.6 Å². The Morgan fingerprint density at radius 3 is 2.35 bits per heavy atom. The molecule has 0 aromatic carbocycles. The lowest BCUT2D eigenvalue weighted by Crippen LogP contribution is -2.71. The number of nitrogens with zero attached hydrogens (tertiary/aromatic N) is 1. The molecule has 4 aliphatic rings. The number of likely N-dealkylation sites (tertiary alicyclic amines) is 1. The van der Waals surface area contributed by atoms with Gasteiger partial charge in [-0.1, -0.05) is 0 Å². The van der Waals surface area contributed by atoms with E-state index in [2.05, 4.69) is 0 Å². The quantitative estimate of drug-likeness (QED) is 0.780. The number of nitrogens with two attached hydrogens (primary N) is 1. The number of hydrogen-bond acceptors (Lipinski definition) is 6. The molecule has 2 bridgehead atoms. The average Bonchev–Trinajstić information content (AvgIpc) is 2.81. The molecule has 1 spiro atoms. The maximum atomic E-state index is 12.5. The summed E-state index contributed by atoms with van der Waals surface area (Å²) < 4.78 is 16.8. The first-order chi connectivity index (χ1) is 10.6. The largest absolute Gasteiger partial charge is 0.465 e. The normalized spacial score (nSPS) is 33.9. The van der Waals surface area contributed by atoms with Crippen molar-refractivity contribution in [2.45, 2.75) is 57.3 Å². The molecule has 0 radical (unpaired) electrons. The molecule has 2 N–H and O–H groups in total. The second-order valence-corrected chi connectivity index (χ2v) is 7.98. The van der Waals surface area contributed by atoms with Crippen LogP contribution in [0.25, 0.3) is 0 Å². The fraction of sp³-hybridized carbons (Fsp3) is 0.875. The first-order valence-electron chi connectivity index (χ1n) is 8.16. The van der Waals surface area contributed by atoms with Gasteiger partial charge in [-0.3, -0.25) is 4.79 Å². The van der Waals surface area contributed by atoms with E-state index in [4.69, 9.17) is 19.9 Å². The van der Waals surface area contributed by atoms with Crippen LogP contribution in [0.1, 0.15) is 40.5 Å². The number of ether oxygens (including phenoxy) is 3. The zero-order chi connectivity index (χ0) is 17.1. The third kappa shape index (κ3) is 2.24. The molecule has 4 fully saturated rings. The Labute approximate surface area is 136 Å². The lowest BCUT2D eigenvalue weighted by molar-refractivity contribution is -0.177.